The first-order valence-electron chi connectivity index (χ1n) is 5.71. The van der Waals surface area contributed by atoms with Gasteiger partial charge in [-0.25, -0.2) is 0 Å². The van der Waals surface area contributed by atoms with Crippen LogP contribution in [0.1, 0.15) is 23.7 Å². The molecule has 0 aliphatic rings. The molecule has 0 fully saturated rings. The van der Waals surface area contributed by atoms with Crippen molar-refractivity contribution in [1.82, 2.24) is 0 Å². The molecule has 0 saturated heterocycles. The number of hydrogen-bond donors (Lipinski definition) is 6. The van der Waals surface area contributed by atoms with Crippen molar-refractivity contribution in [2.24, 2.45) is 0 Å². The minimum absolute atomic E-state index is 0. The maximum atomic E-state index is 8.96. The van der Waals surface area contributed by atoms with Crippen LogP contribution in [0.3, 0.4) is 0 Å². The molecule has 0 saturated carbocycles. The van der Waals surface area contributed by atoms with Crippen molar-refractivity contribution in [3.05, 3.63) is 59.7 Å². The van der Waals surface area contributed by atoms with E-state index in [0.29, 0.717) is 0 Å². The molecular weight excluding hydrogens is 360 g/mol. The zero-order valence-electron chi connectivity index (χ0n) is 11.8. The molecule has 2 aromatic rings. The number of para-hydroxylation sites is 2. The SMILES string of the molecule is O.O.Oc1ccccc1C(O)O.Oc1ccccc1C(O)O.[Cu]. The summed E-state index contributed by atoms with van der Waals surface area (Å²) in [6, 6.07) is 12.1. The molecule has 0 aliphatic heterocycles. The van der Waals surface area contributed by atoms with E-state index in [2.05, 4.69) is 0 Å². The molecule has 9 heteroatoms. The summed E-state index contributed by atoms with van der Waals surface area (Å²) in [7, 11) is 0. The van der Waals surface area contributed by atoms with E-state index in [9.17, 15) is 0 Å². The van der Waals surface area contributed by atoms with Gasteiger partial charge in [0.25, 0.3) is 0 Å². The summed E-state index contributed by atoms with van der Waals surface area (Å²) in [5.74, 6) is -0.199. The van der Waals surface area contributed by atoms with Crippen LogP contribution in [-0.2, 0) is 17.1 Å². The van der Waals surface area contributed by atoms with E-state index in [4.69, 9.17) is 30.6 Å². The summed E-state index contributed by atoms with van der Waals surface area (Å²) < 4.78 is 0. The maximum Gasteiger partial charge on any atom is 0.182 e. The Kier molecular flexibility index (Phi) is 14.6. The number of aliphatic hydroxyl groups excluding tert-OH is 2. The van der Waals surface area contributed by atoms with Crippen LogP contribution in [0.4, 0.5) is 0 Å². The van der Waals surface area contributed by atoms with Crippen molar-refractivity contribution >= 4 is 0 Å². The molecule has 0 atom stereocenters. The molecule has 0 bridgehead atoms. The van der Waals surface area contributed by atoms with Crippen LogP contribution in [0.25, 0.3) is 0 Å². The molecule has 0 aromatic heterocycles. The van der Waals surface area contributed by atoms with Crippen LogP contribution in [-0.4, -0.2) is 41.6 Å². The third-order valence-electron chi connectivity index (χ3n) is 2.43. The van der Waals surface area contributed by atoms with Crippen LogP contribution >= 0.6 is 0 Å². The van der Waals surface area contributed by atoms with Crippen molar-refractivity contribution in [2.75, 3.05) is 0 Å². The molecule has 23 heavy (non-hydrogen) atoms. The van der Waals surface area contributed by atoms with Gasteiger partial charge in [-0.15, -0.1) is 0 Å². The van der Waals surface area contributed by atoms with Gasteiger partial charge in [0.05, 0.1) is 0 Å². The summed E-state index contributed by atoms with van der Waals surface area (Å²) in [6.07, 6.45) is -3.19. The Morgan fingerprint density at radius 3 is 1.00 bits per heavy atom. The van der Waals surface area contributed by atoms with Crippen molar-refractivity contribution in [3.63, 3.8) is 0 Å². The molecule has 0 unspecified atom stereocenters. The molecule has 2 aromatic carbocycles. The van der Waals surface area contributed by atoms with Gasteiger partial charge in [0.2, 0.25) is 0 Å². The largest absolute Gasteiger partial charge is 0.507 e. The van der Waals surface area contributed by atoms with Gasteiger partial charge < -0.3 is 41.6 Å². The Morgan fingerprint density at radius 2 is 0.826 bits per heavy atom. The fraction of sp³-hybridized carbons (Fsp3) is 0.143. The second kappa shape index (κ2) is 12.8. The van der Waals surface area contributed by atoms with E-state index < -0.39 is 12.6 Å². The third-order valence-corrected chi connectivity index (χ3v) is 2.43. The van der Waals surface area contributed by atoms with Gasteiger partial charge in [-0.1, -0.05) is 36.4 Å². The number of aromatic hydroxyl groups is 2. The van der Waals surface area contributed by atoms with Gasteiger partial charge in [-0.3, -0.25) is 0 Å². The van der Waals surface area contributed by atoms with Gasteiger partial charge in [-0.2, -0.15) is 0 Å². The maximum absolute atomic E-state index is 8.96. The van der Waals surface area contributed by atoms with E-state index in [1.807, 2.05) is 0 Å². The number of phenols is 2. The molecule has 8 nitrogen and oxygen atoms in total. The Hall–Kier alpha value is -1.68. The van der Waals surface area contributed by atoms with Crippen molar-refractivity contribution in [1.29, 1.82) is 0 Å². The van der Waals surface area contributed by atoms with E-state index in [1.165, 1.54) is 24.3 Å². The molecule has 135 valence electrons. The molecule has 0 aliphatic carbocycles. The smallest absolute Gasteiger partial charge is 0.182 e. The van der Waals surface area contributed by atoms with Gasteiger partial charge in [-0.05, 0) is 12.1 Å². The Bertz CT molecular complexity index is 498. The number of hydrogen-bond acceptors (Lipinski definition) is 6. The summed E-state index contributed by atoms with van der Waals surface area (Å²) in [4.78, 5) is 0. The average Bonchev–Trinajstić information content (AvgIpc) is 2.40. The van der Waals surface area contributed by atoms with Crippen molar-refractivity contribution < 1.29 is 58.7 Å². The number of aliphatic hydroxyl groups is 4. The normalized spacial score (nSPS) is 8.96. The van der Waals surface area contributed by atoms with Gasteiger partial charge in [0, 0.05) is 28.2 Å². The first-order chi connectivity index (χ1) is 9.43. The summed E-state index contributed by atoms with van der Waals surface area (Å²) in [6.45, 7) is 0. The zero-order valence-corrected chi connectivity index (χ0v) is 12.7. The molecule has 10 N–H and O–H groups in total. The zero-order chi connectivity index (χ0) is 15.1. The fourth-order valence-electron chi connectivity index (χ4n) is 1.41. The minimum atomic E-state index is -1.60. The molecule has 1 radical (unpaired) electrons. The monoisotopic (exact) mass is 379 g/mol. The van der Waals surface area contributed by atoms with Crippen LogP contribution in [0.2, 0.25) is 0 Å². The molecule has 0 spiro atoms. The average molecular weight is 380 g/mol. The second-order valence-electron chi connectivity index (χ2n) is 3.86. The van der Waals surface area contributed by atoms with E-state index >= 15 is 0 Å². The van der Waals surface area contributed by atoms with Gasteiger partial charge >= 0.3 is 0 Å². The van der Waals surface area contributed by atoms with E-state index in [0.717, 1.165) is 0 Å². The predicted molar refractivity (Wildman–Crippen MR) is 77.8 cm³/mol. The van der Waals surface area contributed by atoms with Crippen LogP contribution in [0.15, 0.2) is 48.5 Å². The molecular formula is C14H20CuO8. The number of benzene rings is 2. The van der Waals surface area contributed by atoms with Crippen LogP contribution in [0, 0.1) is 0 Å². The topological polar surface area (TPSA) is 184 Å². The Labute approximate surface area is 143 Å². The molecule has 0 heterocycles. The third kappa shape index (κ3) is 8.50. The summed E-state index contributed by atoms with van der Waals surface area (Å²) in [5, 5.41) is 52.3. The minimum Gasteiger partial charge on any atom is -0.507 e. The van der Waals surface area contributed by atoms with Crippen molar-refractivity contribution in [3.8, 4) is 11.5 Å². The Morgan fingerprint density at radius 1 is 0.565 bits per heavy atom. The first-order valence-corrected chi connectivity index (χ1v) is 5.71. The quantitative estimate of drug-likeness (QED) is 0.290. The molecule has 2 rings (SSSR count). The van der Waals surface area contributed by atoms with Crippen LogP contribution in [0.5, 0.6) is 11.5 Å². The second-order valence-corrected chi connectivity index (χ2v) is 3.86. The first kappa shape index (κ1) is 26.2. The number of rotatable bonds is 2. The van der Waals surface area contributed by atoms with Crippen LogP contribution < -0.4 is 0 Å². The van der Waals surface area contributed by atoms with Crippen molar-refractivity contribution in [2.45, 2.75) is 12.6 Å². The number of phenolic OH excluding ortho intramolecular Hbond substituents is 2. The van der Waals surface area contributed by atoms with E-state index in [1.54, 1.807) is 24.3 Å². The summed E-state index contributed by atoms with van der Waals surface area (Å²) >= 11 is 0. The molecule has 0 amide bonds. The predicted octanol–water partition coefficient (Wildman–Crippen LogP) is -0.901. The van der Waals surface area contributed by atoms with Gasteiger partial charge in [0.15, 0.2) is 12.6 Å². The van der Waals surface area contributed by atoms with Gasteiger partial charge in [0.1, 0.15) is 11.5 Å². The summed E-state index contributed by atoms with van der Waals surface area (Å²) in [5.41, 5.74) is 0.255. The fourth-order valence-corrected chi connectivity index (χ4v) is 1.41. The van der Waals surface area contributed by atoms with E-state index in [-0.39, 0.29) is 50.6 Å². The Balaban J connectivity index is -0.000000308. The standard InChI is InChI=1S/2C7H8O3.Cu.2H2O/c2*8-6-4-2-1-3-5(6)7(9)10;;;/h2*1-4,7-10H;;2*1H2.